The van der Waals surface area contributed by atoms with Crippen LogP contribution < -0.4 is 14.8 Å². The first-order chi connectivity index (χ1) is 13.6. The molecule has 0 spiro atoms. The Kier molecular flexibility index (Phi) is 6.45. The standard InChI is InChI=1S/C22H22N2O3S/c1-15-5-4-6-17(11-15)12-18-14-23-22(28-18)24-21(25)10-8-16-7-9-19(26-2)20(13-16)27-3/h4-11,13-14H,12H2,1-3H3,(H,23,24,25)/b10-8+. The van der Waals surface area contributed by atoms with E-state index in [-0.39, 0.29) is 5.91 Å². The molecule has 3 rings (SSSR count). The number of carbonyl (C=O) groups is 1. The first-order valence-electron chi connectivity index (χ1n) is 8.78. The lowest BCUT2D eigenvalue weighted by molar-refractivity contribution is -0.111. The van der Waals surface area contributed by atoms with Crippen LogP contribution >= 0.6 is 11.3 Å². The molecule has 6 heteroatoms. The Hall–Kier alpha value is -3.12. The maximum Gasteiger partial charge on any atom is 0.250 e. The number of carbonyl (C=O) groups excluding carboxylic acids is 1. The van der Waals surface area contributed by atoms with Crippen LogP contribution in [0.25, 0.3) is 6.08 Å². The highest BCUT2D eigenvalue weighted by Crippen LogP contribution is 2.28. The van der Waals surface area contributed by atoms with Crippen molar-refractivity contribution < 1.29 is 14.3 Å². The molecule has 0 atom stereocenters. The average Bonchev–Trinajstić information content (AvgIpc) is 3.12. The summed E-state index contributed by atoms with van der Waals surface area (Å²) in [5.41, 5.74) is 3.30. The van der Waals surface area contributed by atoms with E-state index in [1.807, 2.05) is 18.2 Å². The van der Waals surface area contributed by atoms with Gasteiger partial charge in [0.25, 0.3) is 0 Å². The van der Waals surface area contributed by atoms with Crippen LogP contribution in [0.3, 0.4) is 0 Å². The molecule has 1 heterocycles. The van der Waals surface area contributed by atoms with E-state index in [0.717, 1.165) is 16.9 Å². The summed E-state index contributed by atoms with van der Waals surface area (Å²) in [6, 6.07) is 13.8. The zero-order valence-corrected chi connectivity index (χ0v) is 16.9. The van der Waals surface area contributed by atoms with Gasteiger partial charge in [0, 0.05) is 23.6 Å². The number of nitrogens with zero attached hydrogens (tertiary/aromatic N) is 1. The molecule has 0 fully saturated rings. The molecular weight excluding hydrogens is 372 g/mol. The van der Waals surface area contributed by atoms with Gasteiger partial charge in [-0.25, -0.2) is 4.98 Å². The maximum absolute atomic E-state index is 12.2. The third-order valence-electron chi connectivity index (χ3n) is 4.08. The number of thiazole rings is 1. The first-order valence-corrected chi connectivity index (χ1v) is 9.60. The molecule has 144 valence electrons. The highest BCUT2D eigenvalue weighted by atomic mass is 32.1. The molecule has 0 unspecified atom stereocenters. The topological polar surface area (TPSA) is 60.5 Å². The van der Waals surface area contributed by atoms with Gasteiger partial charge >= 0.3 is 0 Å². The Morgan fingerprint density at radius 1 is 1.14 bits per heavy atom. The fourth-order valence-corrected chi connectivity index (χ4v) is 3.60. The van der Waals surface area contributed by atoms with Crippen LogP contribution in [0.5, 0.6) is 11.5 Å². The first kappa shape index (κ1) is 19.6. The van der Waals surface area contributed by atoms with Gasteiger partial charge in [-0.15, -0.1) is 11.3 Å². The van der Waals surface area contributed by atoms with Crippen LogP contribution in [-0.2, 0) is 11.2 Å². The second-order valence-corrected chi connectivity index (χ2v) is 7.35. The minimum Gasteiger partial charge on any atom is -0.493 e. The molecule has 0 saturated heterocycles. The molecule has 5 nitrogen and oxygen atoms in total. The van der Waals surface area contributed by atoms with Gasteiger partial charge in [0.2, 0.25) is 5.91 Å². The van der Waals surface area contributed by atoms with Gasteiger partial charge in [0.1, 0.15) is 0 Å². The Morgan fingerprint density at radius 2 is 1.96 bits per heavy atom. The number of nitrogens with one attached hydrogen (secondary N) is 1. The quantitative estimate of drug-likeness (QED) is 0.590. The minimum atomic E-state index is -0.230. The van der Waals surface area contributed by atoms with Gasteiger partial charge in [0.05, 0.1) is 14.2 Å². The monoisotopic (exact) mass is 394 g/mol. The van der Waals surface area contributed by atoms with Crippen molar-refractivity contribution >= 4 is 28.5 Å². The molecule has 0 radical (unpaired) electrons. The second kappa shape index (κ2) is 9.19. The predicted molar refractivity (Wildman–Crippen MR) is 113 cm³/mol. The lowest BCUT2D eigenvalue weighted by Gasteiger charge is -2.07. The summed E-state index contributed by atoms with van der Waals surface area (Å²) < 4.78 is 10.5. The van der Waals surface area contributed by atoms with Gasteiger partial charge in [-0.3, -0.25) is 10.1 Å². The molecule has 0 bridgehead atoms. The van der Waals surface area contributed by atoms with Gasteiger partial charge in [-0.2, -0.15) is 0 Å². The van der Waals surface area contributed by atoms with E-state index in [1.165, 1.54) is 28.5 Å². The van der Waals surface area contributed by atoms with E-state index in [9.17, 15) is 4.79 Å². The zero-order chi connectivity index (χ0) is 19.9. The molecular formula is C22H22N2O3S. The van der Waals surface area contributed by atoms with Crippen molar-refractivity contribution in [3.8, 4) is 11.5 Å². The van der Waals surface area contributed by atoms with Crippen LogP contribution in [0.2, 0.25) is 0 Å². The number of methoxy groups -OCH3 is 2. The Morgan fingerprint density at radius 3 is 2.71 bits per heavy atom. The van der Waals surface area contributed by atoms with Crippen LogP contribution in [0.15, 0.2) is 54.7 Å². The van der Waals surface area contributed by atoms with Crippen molar-refractivity contribution in [2.45, 2.75) is 13.3 Å². The van der Waals surface area contributed by atoms with Crippen LogP contribution in [0.1, 0.15) is 21.6 Å². The number of hydrogen-bond donors (Lipinski definition) is 1. The number of aromatic nitrogens is 1. The lowest BCUT2D eigenvalue weighted by Crippen LogP contribution is -2.07. The van der Waals surface area contributed by atoms with Crippen LogP contribution in [0.4, 0.5) is 5.13 Å². The maximum atomic E-state index is 12.2. The molecule has 0 aliphatic carbocycles. The molecule has 0 aliphatic rings. The molecule has 28 heavy (non-hydrogen) atoms. The predicted octanol–water partition coefficient (Wildman–Crippen LogP) is 4.71. The number of ether oxygens (including phenoxy) is 2. The van der Waals surface area contributed by atoms with Gasteiger partial charge in [-0.1, -0.05) is 35.9 Å². The second-order valence-electron chi connectivity index (χ2n) is 6.23. The third-order valence-corrected chi connectivity index (χ3v) is 4.99. The van der Waals surface area contributed by atoms with Crippen molar-refractivity contribution in [1.82, 2.24) is 4.98 Å². The Balaban J connectivity index is 1.61. The normalized spacial score (nSPS) is 10.8. The fraction of sp³-hybridized carbons (Fsp3) is 0.182. The molecule has 1 aromatic heterocycles. The summed E-state index contributed by atoms with van der Waals surface area (Å²) >= 11 is 1.48. The summed E-state index contributed by atoms with van der Waals surface area (Å²) in [6.07, 6.45) is 5.80. The van der Waals surface area contributed by atoms with Crippen LogP contribution in [0, 0.1) is 6.92 Å². The Bertz CT molecular complexity index is 995. The average molecular weight is 394 g/mol. The van der Waals surface area contributed by atoms with Crippen molar-refractivity contribution in [3.05, 3.63) is 76.3 Å². The Labute approximate surface area is 168 Å². The van der Waals surface area contributed by atoms with E-state index in [1.54, 1.807) is 32.6 Å². The number of anilines is 1. The van der Waals surface area contributed by atoms with Gasteiger partial charge < -0.3 is 9.47 Å². The van der Waals surface area contributed by atoms with Gasteiger partial charge in [0.15, 0.2) is 16.6 Å². The van der Waals surface area contributed by atoms with E-state index >= 15 is 0 Å². The number of benzene rings is 2. The summed E-state index contributed by atoms with van der Waals surface area (Å²) in [5.74, 6) is 1.03. The lowest BCUT2D eigenvalue weighted by atomic mass is 10.1. The highest BCUT2D eigenvalue weighted by Gasteiger charge is 2.07. The fourth-order valence-electron chi connectivity index (χ4n) is 2.75. The van der Waals surface area contributed by atoms with E-state index in [4.69, 9.17) is 9.47 Å². The van der Waals surface area contributed by atoms with Crippen molar-refractivity contribution in [2.75, 3.05) is 19.5 Å². The van der Waals surface area contributed by atoms with Gasteiger partial charge in [-0.05, 0) is 36.3 Å². The minimum absolute atomic E-state index is 0.230. The number of amides is 1. The number of rotatable bonds is 7. The molecule has 2 aromatic carbocycles. The number of hydrogen-bond acceptors (Lipinski definition) is 5. The zero-order valence-electron chi connectivity index (χ0n) is 16.1. The van der Waals surface area contributed by atoms with Crippen molar-refractivity contribution in [1.29, 1.82) is 0 Å². The number of aryl methyl sites for hydroxylation is 1. The summed E-state index contributed by atoms with van der Waals surface area (Å²) in [4.78, 5) is 17.6. The van der Waals surface area contributed by atoms with Crippen molar-refractivity contribution in [2.24, 2.45) is 0 Å². The highest BCUT2D eigenvalue weighted by molar-refractivity contribution is 7.15. The SMILES string of the molecule is COc1ccc(/C=C/C(=O)Nc2ncc(Cc3cccc(C)c3)s2)cc1OC. The van der Waals surface area contributed by atoms with Crippen LogP contribution in [-0.4, -0.2) is 25.1 Å². The van der Waals surface area contributed by atoms with E-state index in [2.05, 4.69) is 35.4 Å². The molecule has 0 saturated carbocycles. The smallest absolute Gasteiger partial charge is 0.250 e. The van der Waals surface area contributed by atoms with E-state index in [0.29, 0.717) is 16.6 Å². The molecule has 3 aromatic rings. The largest absolute Gasteiger partial charge is 0.493 e. The van der Waals surface area contributed by atoms with Crippen molar-refractivity contribution in [3.63, 3.8) is 0 Å². The summed E-state index contributed by atoms with van der Waals surface area (Å²) in [6.45, 7) is 2.08. The summed E-state index contributed by atoms with van der Waals surface area (Å²) in [7, 11) is 3.16. The van der Waals surface area contributed by atoms with E-state index < -0.39 is 0 Å². The molecule has 0 aliphatic heterocycles. The molecule has 1 N–H and O–H groups in total. The summed E-state index contributed by atoms with van der Waals surface area (Å²) in [5, 5.41) is 3.39. The third kappa shape index (κ3) is 5.20. The molecule has 1 amide bonds.